The summed E-state index contributed by atoms with van der Waals surface area (Å²) in [6.45, 7) is -1.26. The summed E-state index contributed by atoms with van der Waals surface area (Å²) in [6.07, 6.45) is 0. The van der Waals surface area contributed by atoms with Gasteiger partial charge < -0.3 is 0 Å². The van der Waals surface area contributed by atoms with Crippen LogP contribution in [0.15, 0.2) is 125 Å². The fraction of sp³-hybridized carbons (Fsp3) is 0. The third kappa shape index (κ3) is 3.49. The van der Waals surface area contributed by atoms with E-state index in [1.54, 1.807) is 6.07 Å². The molecule has 0 atom stereocenters. The van der Waals surface area contributed by atoms with Crippen LogP contribution in [0.2, 0.25) is 0 Å². The van der Waals surface area contributed by atoms with Crippen molar-refractivity contribution in [1.82, 2.24) is 0 Å². The smallest absolute Gasteiger partial charge is 0.164 e. The Morgan fingerprint density at radius 1 is 0.457 bits per heavy atom. The zero-order valence-corrected chi connectivity index (χ0v) is 18.8. The van der Waals surface area contributed by atoms with Crippen LogP contribution in [0.1, 0.15) is 0 Å². The summed E-state index contributed by atoms with van der Waals surface area (Å²) in [4.78, 5) is 22.3. The molecular formula is C30H19BN2O2. The van der Waals surface area contributed by atoms with Crippen LogP contribution in [-0.2, 0) is 0 Å². The molecule has 6 aromatic carbocycles. The van der Waals surface area contributed by atoms with Gasteiger partial charge in [0.05, 0.1) is 0 Å². The minimum Gasteiger partial charge on any atom is -0.164 e. The van der Waals surface area contributed by atoms with Crippen molar-refractivity contribution in [3.05, 3.63) is 125 Å². The molecule has 0 bridgehead atoms. The molecule has 0 radical (unpaired) electrons. The Hall–Kier alpha value is -4.64. The fourth-order valence-corrected chi connectivity index (χ4v) is 5.09. The van der Waals surface area contributed by atoms with Gasteiger partial charge in [0, 0.05) is 0 Å². The van der Waals surface area contributed by atoms with E-state index in [2.05, 4.69) is 89.0 Å². The average molecular weight is 450 g/mol. The quantitative estimate of drug-likeness (QED) is 0.153. The molecule has 6 aromatic rings. The van der Waals surface area contributed by atoms with Gasteiger partial charge in [-0.2, -0.15) is 9.81 Å². The monoisotopic (exact) mass is 450 g/mol. The van der Waals surface area contributed by atoms with Gasteiger partial charge in [-0.25, -0.2) is 0 Å². The lowest BCUT2D eigenvalue weighted by Crippen LogP contribution is -2.25. The molecule has 0 saturated heterocycles. The van der Waals surface area contributed by atoms with E-state index in [-0.39, 0.29) is 0 Å². The number of hydrogen-bond donors (Lipinski definition) is 0. The summed E-state index contributed by atoms with van der Waals surface area (Å²) in [6, 6.07) is 39.2. The number of fused-ring (bicyclic) bond motifs is 3. The Balaban J connectivity index is 1.71. The summed E-state index contributed by atoms with van der Waals surface area (Å²) in [5, 5.41) is 12.7. The van der Waals surface area contributed by atoms with Crippen LogP contribution in [0.25, 0.3) is 54.6 Å². The summed E-state index contributed by atoms with van der Waals surface area (Å²) in [7, 11) is 0. The first-order valence-electron chi connectivity index (χ1n) is 11.5. The van der Waals surface area contributed by atoms with Gasteiger partial charge in [-0.15, -0.1) is 0 Å². The minimum atomic E-state index is -1.26. The summed E-state index contributed by atoms with van der Waals surface area (Å²) in [5.74, 6) is 0. The second-order valence-electron chi connectivity index (χ2n) is 8.61. The highest BCUT2D eigenvalue weighted by molar-refractivity contribution is 6.69. The van der Waals surface area contributed by atoms with Crippen molar-refractivity contribution in [2.24, 2.45) is 10.2 Å². The molecular weight excluding hydrogens is 431 g/mol. The third-order valence-corrected chi connectivity index (χ3v) is 6.64. The van der Waals surface area contributed by atoms with Crippen molar-refractivity contribution in [1.29, 1.82) is 0 Å². The maximum Gasteiger partial charge on any atom is 0.548 e. The molecule has 0 aliphatic rings. The topological polar surface area (TPSA) is 58.9 Å². The Kier molecular flexibility index (Phi) is 5.15. The molecule has 0 unspecified atom stereocenters. The third-order valence-electron chi connectivity index (χ3n) is 6.64. The highest BCUT2D eigenvalue weighted by atomic mass is 16.3. The van der Waals surface area contributed by atoms with E-state index in [0.717, 1.165) is 38.2 Å². The van der Waals surface area contributed by atoms with Crippen molar-refractivity contribution in [2.45, 2.75) is 0 Å². The maximum absolute atomic E-state index is 11.2. The van der Waals surface area contributed by atoms with Gasteiger partial charge in [0.25, 0.3) is 0 Å². The van der Waals surface area contributed by atoms with E-state index in [0.29, 0.717) is 5.46 Å². The van der Waals surface area contributed by atoms with Gasteiger partial charge in [0.15, 0.2) is 0 Å². The molecule has 0 fully saturated rings. The van der Waals surface area contributed by atoms with Gasteiger partial charge in [-0.1, -0.05) is 119 Å². The zero-order chi connectivity index (χ0) is 23.8. The minimum absolute atomic E-state index is 0.485. The lowest BCUT2D eigenvalue weighted by Gasteiger charge is -2.18. The average Bonchev–Trinajstić information content (AvgIpc) is 2.92. The van der Waals surface area contributed by atoms with Crippen LogP contribution < -0.4 is 5.46 Å². The number of nitrogens with zero attached hydrogens (tertiary/aromatic N) is 2. The molecule has 6 rings (SSSR count). The molecule has 4 nitrogen and oxygen atoms in total. The Bertz CT molecular complexity index is 1700. The summed E-state index contributed by atoms with van der Waals surface area (Å²) < 4.78 is 0. The van der Waals surface area contributed by atoms with Crippen molar-refractivity contribution in [3.8, 4) is 22.3 Å². The highest BCUT2D eigenvalue weighted by Crippen LogP contribution is 2.43. The second kappa shape index (κ2) is 8.62. The van der Waals surface area contributed by atoms with Crippen LogP contribution >= 0.6 is 0 Å². The first-order chi connectivity index (χ1) is 17.3. The Labute approximate surface area is 202 Å². The van der Waals surface area contributed by atoms with Gasteiger partial charge in [-0.3, -0.25) is 0 Å². The fourth-order valence-electron chi connectivity index (χ4n) is 5.09. The van der Waals surface area contributed by atoms with E-state index in [1.807, 2.05) is 30.3 Å². The molecule has 0 heterocycles. The SMILES string of the molecule is O=NB(N=O)c1cccc(-c2c3ccccc3c(-c3ccc4ccccc4c3)c3ccccc23)c1. The molecule has 0 aliphatic heterocycles. The van der Waals surface area contributed by atoms with Crippen molar-refractivity contribution < 1.29 is 0 Å². The normalized spacial score (nSPS) is 11.1. The molecule has 0 saturated carbocycles. The van der Waals surface area contributed by atoms with Crippen LogP contribution in [0.5, 0.6) is 0 Å². The Morgan fingerprint density at radius 2 is 0.971 bits per heavy atom. The molecule has 0 aliphatic carbocycles. The summed E-state index contributed by atoms with van der Waals surface area (Å²) >= 11 is 0. The van der Waals surface area contributed by atoms with E-state index in [1.165, 1.54) is 16.3 Å². The lowest BCUT2D eigenvalue weighted by molar-refractivity contribution is 1.56. The van der Waals surface area contributed by atoms with Crippen molar-refractivity contribution in [3.63, 3.8) is 0 Å². The summed E-state index contributed by atoms with van der Waals surface area (Å²) in [5.41, 5.74) is 4.80. The van der Waals surface area contributed by atoms with Gasteiger partial charge in [-0.05, 0) is 66.1 Å². The highest BCUT2D eigenvalue weighted by Gasteiger charge is 2.23. The Morgan fingerprint density at radius 3 is 1.54 bits per heavy atom. The number of benzene rings is 6. The molecule has 5 heteroatoms. The molecule has 0 N–H and O–H groups in total. The van der Waals surface area contributed by atoms with E-state index < -0.39 is 6.98 Å². The van der Waals surface area contributed by atoms with E-state index in [9.17, 15) is 9.81 Å². The molecule has 0 aromatic heterocycles. The molecule has 35 heavy (non-hydrogen) atoms. The van der Waals surface area contributed by atoms with E-state index >= 15 is 0 Å². The predicted molar refractivity (Wildman–Crippen MR) is 147 cm³/mol. The predicted octanol–water partition coefficient (Wildman–Crippen LogP) is 7.71. The van der Waals surface area contributed by atoms with Gasteiger partial charge >= 0.3 is 6.98 Å². The number of hydrogen-bond acceptors (Lipinski definition) is 4. The molecule has 0 spiro atoms. The number of rotatable bonds is 5. The first kappa shape index (κ1) is 20.9. The zero-order valence-electron chi connectivity index (χ0n) is 18.8. The molecule has 164 valence electrons. The van der Waals surface area contributed by atoms with Crippen LogP contribution in [-0.4, -0.2) is 6.98 Å². The van der Waals surface area contributed by atoms with Crippen molar-refractivity contribution in [2.75, 3.05) is 0 Å². The van der Waals surface area contributed by atoms with Crippen LogP contribution in [0.4, 0.5) is 0 Å². The van der Waals surface area contributed by atoms with Crippen molar-refractivity contribution >= 4 is 44.8 Å². The van der Waals surface area contributed by atoms with Gasteiger partial charge in [0.2, 0.25) is 0 Å². The van der Waals surface area contributed by atoms with Crippen LogP contribution in [0.3, 0.4) is 0 Å². The molecule has 0 amide bonds. The van der Waals surface area contributed by atoms with E-state index in [4.69, 9.17) is 0 Å². The van der Waals surface area contributed by atoms with Crippen LogP contribution in [0, 0.1) is 9.81 Å². The standard InChI is InChI=1S/C30H19BN2O2/c34-32-31(33-35)24-11-7-10-22(19-24)29-25-12-3-5-14-27(25)30(28-15-6-4-13-26(28)29)23-17-16-20-8-1-2-9-21(20)18-23/h1-19H. The first-order valence-corrected chi connectivity index (χ1v) is 11.5. The lowest BCUT2D eigenvalue weighted by atomic mass is 9.70. The maximum atomic E-state index is 11.2. The number of nitroso groups, excluding NO2 is 2. The van der Waals surface area contributed by atoms with Gasteiger partial charge in [0.1, 0.15) is 0 Å². The second-order valence-corrected chi connectivity index (χ2v) is 8.61. The largest absolute Gasteiger partial charge is 0.548 e.